The molecule has 4 N–H and O–H groups in total. The number of halogens is 1. The molecule has 0 aromatic heterocycles. The van der Waals surface area contributed by atoms with E-state index in [0.717, 1.165) is 23.8 Å². The van der Waals surface area contributed by atoms with Crippen LogP contribution in [0.1, 0.15) is 6.42 Å². The Morgan fingerprint density at radius 3 is 2.72 bits per heavy atom. The van der Waals surface area contributed by atoms with Crippen LogP contribution in [0.3, 0.4) is 0 Å². The largest absolute Gasteiger partial charge is 0.368 e. The lowest BCUT2D eigenvalue weighted by atomic mass is 10.1. The minimum atomic E-state index is -0.235. The maximum absolute atomic E-state index is 12.7. The standard InChI is InChI=1S/C17H24ClN5O2/c18-12-2-1-3-14(8-12)22-4-6-23(7-5-22)17(25)15-9-13(11-20-15)21-16(24)10-19/h1-3,8,13,15,20H,4-7,9-11,19H2,(H,21,24)/t13?,15-/m1/s1. The fourth-order valence-corrected chi connectivity index (χ4v) is 3.58. The third kappa shape index (κ3) is 4.42. The van der Waals surface area contributed by atoms with Gasteiger partial charge in [-0.25, -0.2) is 0 Å². The van der Waals surface area contributed by atoms with E-state index in [1.54, 1.807) is 0 Å². The van der Waals surface area contributed by atoms with Crippen molar-refractivity contribution in [3.05, 3.63) is 29.3 Å². The van der Waals surface area contributed by atoms with Crippen molar-refractivity contribution in [1.82, 2.24) is 15.5 Å². The van der Waals surface area contributed by atoms with Gasteiger partial charge in [-0.1, -0.05) is 17.7 Å². The normalized spacial score (nSPS) is 23.6. The molecule has 0 bridgehead atoms. The Morgan fingerprint density at radius 1 is 1.28 bits per heavy atom. The number of hydrogen-bond acceptors (Lipinski definition) is 5. The first-order chi connectivity index (χ1) is 12.1. The van der Waals surface area contributed by atoms with Gasteiger partial charge in [0.15, 0.2) is 0 Å². The first kappa shape index (κ1) is 18.0. The molecule has 136 valence electrons. The first-order valence-electron chi connectivity index (χ1n) is 8.59. The van der Waals surface area contributed by atoms with E-state index < -0.39 is 0 Å². The molecule has 25 heavy (non-hydrogen) atoms. The molecule has 0 radical (unpaired) electrons. The molecule has 1 unspecified atom stereocenters. The number of piperazine rings is 1. The summed E-state index contributed by atoms with van der Waals surface area (Å²) >= 11 is 6.05. The maximum Gasteiger partial charge on any atom is 0.239 e. The van der Waals surface area contributed by atoms with Gasteiger partial charge in [-0.05, 0) is 24.6 Å². The number of carbonyl (C=O) groups is 2. The van der Waals surface area contributed by atoms with Gasteiger partial charge >= 0.3 is 0 Å². The SMILES string of the molecule is NCC(=O)NC1CN[C@@H](C(=O)N2CCN(c3cccc(Cl)c3)CC2)C1. The molecule has 1 aromatic rings. The van der Waals surface area contributed by atoms with Crippen molar-refractivity contribution in [3.63, 3.8) is 0 Å². The molecule has 2 aliphatic heterocycles. The number of rotatable bonds is 4. The van der Waals surface area contributed by atoms with Crippen LogP contribution in [0, 0.1) is 0 Å². The summed E-state index contributed by atoms with van der Waals surface area (Å²) in [7, 11) is 0. The van der Waals surface area contributed by atoms with E-state index in [2.05, 4.69) is 15.5 Å². The van der Waals surface area contributed by atoms with Gasteiger partial charge in [-0.2, -0.15) is 0 Å². The summed E-state index contributed by atoms with van der Waals surface area (Å²) in [5.74, 6) is -0.0784. The predicted molar refractivity (Wildman–Crippen MR) is 97.6 cm³/mol. The molecule has 0 saturated carbocycles. The molecule has 7 nitrogen and oxygen atoms in total. The number of hydrogen-bond donors (Lipinski definition) is 3. The number of nitrogens with two attached hydrogens (primary N) is 1. The highest BCUT2D eigenvalue weighted by Crippen LogP contribution is 2.21. The molecule has 8 heteroatoms. The van der Waals surface area contributed by atoms with E-state index in [1.807, 2.05) is 29.2 Å². The van der Waals surface area contributed by atoms with Crippen LogP contribution in [0.25, 0.3) is 0 Å². The van der Waals surface area contributed by atoms with Crippen molar-refractivity contribution in [2.75, 3.05) is 44.2 Å². The summed E-state index contributed by atoms with van der Waals surface area (Å²) in [5.41, 5.74) is 6.40. The molecule has 3 rings (SSSR count). The van der Waals surface area contributed by atoms with Crippen molar-refractivity contribution in [2.24, 2.45) is 5.73 Å². The predicted octanol–water partition coefficient (Wildman–Crippen LogP) is -0.206. The van der Waals surface area contributed by atoms with Gasteiger partial charge in [0.25, 0.3) is 0 Å². The van der Waals surface area contributed by atoms with Gasteiger partial charge in [0.1, 0.15) is 0 Å². The van der Waals surface area contributed by atoms with E-state index >= 15 is 0 Å². The average Bonchev–Trinajstić information content (AvgIpc) is 3.09. The number of benzene rings is 1. The van der Waals surface area contributed by atoms with E-state index in [0.29, 0.717) is 26.1 Å². The monoisotopic (exact) mass is 365 g/mol. The third-order valence-corrected chi connectivity index (χ3v) is 4.98. The van der Waals surface area contributed by atoms with Crippen LogP contribution in [-0.2, 0) is 9.59 Å². The minimum Gasteiger partial charge on any atom is -0.368 e. The van der Waals surface area contributed by atoms with Crippen LogP contribution in [0.15, 0.2) is 24.3 Å². The van der Waals surface area contributed by atoms with Crippen LogP contribution >= 0.6 is 11.6 Å². The minimum absolute atomic E-state index is 0.0272. The molecule has 2 atom stereocenters. The fourth-order valence-electron chi connectivity index (χ4n) is 3.40. The number of carbonyl (C=O) groups excluding carboxylic acids is 2. The Hall–Kier alpha value is -1.83. The number of anilines is 1. The Bertz CT molecular complexity index is 633. The van der Waals surface area contributed by atoms with Crippen LogP contribution in [-0.4, -0.2) is 68.1 Å². The summed E-state index contributed by atoms with van der Waals surface area (Å²) in [4.78, 5) is 28.2. The van der Waals surface area contributed by atoms with Crippen molar-refractivity contribution in [1.29, 1.82) is 0 Å². The van der Waals surface area contributed by atoms with Crippen molar-refractivity contribution in [2.45, 2.75) is 18.5 Å². The topological polar surface area (TPSA) is 90.7 Å². The van der Waals surface area contributed by atoms with Crippen LogP contribution in [0.5, 0.6) is 0 Å². The fraction of sp³-hybridized carbons (Fsp3) is 0.529. The summed E-state index contributed by atoms with van der Waals surface area (Å²) < 4.78 is 0. The Morgan fingerprint density at radius 2 is 2.04 bits per heavy atom. The zero-order valence-electron chi connectivity index (χ0n) is 14.1. The number of nitrogens with zero attached hydrogens (tertiary/aromatic N) is 2. The second-order valence-electron chi connectivity index (χ2n) is 6.46. The molecule has 0 spiro atoms. The highest BCUT2D eigenvalue weighted by atomic mass is 35.5. The van der Waals surface area contributed by atoms with Gasteiger partial charge in [-0.3, -0.25) is 9.59 Å². The van der Waals surface area contributed by atoms with E-state index in [9.17, 15) is 9.59 Å². The highest BCUT2D eigenvalue weighted by Gasteiger charge is 2.34. The molecule has 1 aromatic carbocycles. The second-order valence-corrected chi connectivity index (χ2v) is 6.89. The molecule has 2 heterocycles. The molecule has 0 aliphatic carbocycles. The van der Waals surface area contributed by atoms with Gasteiger partial charge in [-0.15, -0.1) is 0 Å². The lowest BCUT2D eigenvalue weighted by Gasteiger charge is -2.37. The van der Waals surface area contributed by atoms with E-state index in [-0.39, 0.29) is 30.4 Å². The molecule has 2 aliphatic rings. The van der Waals surface area contributed by atoms with Gasteiger partial charge < -0.3 is 26.2 Å². The van der Waals surface area contributed by atoms with Crippen LogP contribution in [0.2, 0.25) is 5.02 Å². The third-order valence-electron chi connectivity index (χ3n) is 4.74. The maximum atomic E-state index is 12.7. The van der Waals surface area contributed by atoms with E-state index in [1.165, 1.54) is 0 Å². The molecule has 2 fully saturated rings. The van der Waals surface area contributed by atoms with Crippen LogP contribution < -0.4 is 21.3 Å². The number of amides is 2. The zero-order chi connectivity index (χ0) is 17.8. The van der Waals surface area contributed by atoms with E-state index in [4.69, 9.17) is 17.3 Å². The van der Waals surface area contributed by atoms with Gasteiger partial charge in [0.05, 0.1) is 12.6 Å². The zero-order valence-corrected chi connectivity index (χ0v) is 14.8. The molecular formula is C17H24ClN5O2. The van der Waals surface area contributed by atoms with Crippen LogP contribution in [0.4, 0.5) is 5.69 Å². The number of nitrogens with one attached hydrogen (secondary N) is 2. The quantitative estimate of drug-likeness (QED) is 0.687. The lowest BCUT2D eigenvalue weighted by Crippen LogP contribution is -2.53. The van der Waals surface area contributed by atoms with Crippen molar-refractivity contribution < 1.29 is 9.59 Å². The smallest absolute Gasteiger partial charge is 0.239 e. The van der Waals surface area contributed by atoms with Crippen molar-refractivity contribution in [3.8, 4) is 0 Å². The molecular weight excluding hydrogens is 342 g/mol. The van der Waals surface area contributed by atoms with Crippen molar-refractivity contribution >= 4 is 29.1 Å². The first-order valence-corrected chi connectivity index (χ1v) is 8.96. The van der Waals surface area contributed by atoms with Gasteiger partial charge in [0, 0.05) is 49.5 Å². The Kier molecular flexibility index (Phi) is 5.78. The lowest BCUT2D eigenvalue weighted by molar-refractivity contribution is -0.133. The second kappa shape index (κ2) is 8.03. The summed E-state index contributed by atoms with van der Waals surface area (Å²) in [6.45, 7) is 3.51. The summed E-state index contributed by atoms with van der Waals surface area (Å²) in [6, 6.07) is 7.51. The average molecular weight is 366 g/mol. The van der Waals surface area contributed by atoms with Gasteiger partial charge in [0.2, 0.25) is 11.8 Å². The highest BCUT2D eigenvalue weighted by molar-refractivity contribution is 6.30. The molecule has 2 saturated heterocycles. The summed E-state index contributed by atoms with van der Waals surface area (Å²) in [5, 5.41) is 6.76. The Labute approximate surface area is 152 Å². The summed E-state index contributed by atoms with van der Waals surface area (Å²) in [6.07, 6.45) is 0.610. The Balaban J connectivity index is 1.49. The molecule has 2 amide bonds.